The maximum absolute atomic E-state index is 14.2. The first-order chi connectivity index (χ1) is 17.5. The molecule has 2 amide bonds. The molecule has 3 aromatic carbocycles. The summed E-state index contributed by atoms with van der Waals surface area (Å²) in [5.41, 5.74) is 3.93. The zero-order valence-electron chi connectivity index (χ0n) is 19.4. The summed E-state index contributed by atoms with van der Waals surface area (Å²) in [6.45, 7) is 1.93. The molecular weight excluding hydrogens is 454 g/mol. The van der Waals surface area contributed by atoms with Gasteiger partial charge in [0, 0.05) is 17.9 Å². The first kappa shape index (κ1) is 20.9. The number of hydrogen-bond donors (Lipinski definition) is 0. The summed E-state index contributed by atoms with van der Waals surface area (Å²) in [7, 11) is 0. The molecule has 6 heteroatoms. The zero-order chi connectivity index (χ0) is 24.6. The van der Waals surface area contributed by atoms with Crippen LogP contribution >= 0.6 is 0 Å². The van der Waals surface area contributed by atoms with Crippen molar-refractivity contribution in [3.63, 3.8) is 0 Å². The quantitative estimate of drug-likeness (QED) is 0.229. The van der Waals surface area contributed by atoms with Crippen molar-refractivity contribution in [1.82, 2.24) is 0 Å². The Kier molecular flexibility index (Phi) is 4.22. The summed E-state index contributed by atoms with van der Waals surface area (Å²) in [4.78, 5) is 41.9. The molecule has 3 aliphatic carbocycles. The summed E-state index contributed by atoms with van der Waals surface area (Å²) in [6, 6.07) is 26.0. The smallest absolute Gasteiger partial charge is 0.379 e. The Bertz CT molecular complexity index is 1520. The Morgan fingerprint density at radius 1 is 0.861 bits per heavy atom. The van der Waals surface area contributed by atoms with E-state index in [1.54, 1.807) is 30.3 Å². The number of amides is 2. The standard InChI is InChI=1S/C30H21NO5/c1-30-25-21-12-4-2-10-19(21)24(20-11-3-5-13-22(20)25)26(30)27(32)31(29(30)34)17-8-6-9-18(16-17)36-28(33)23-14-7-15-35-23/h2-16,24-26H,1H3/t24?,25?,26-,30+/m0/s1. The average Bonchev–Trinajstić information content (AvgIpc) is 3.50. The van der Waals surface area contributed by atoms with Crippen LogP contribution in [0.2, 0.25) is 0 Å². The van der Waals surface area contributed by atoms with Gasteiger partial charge in [-0.1, -0.05) is 54.6 Å². The summed E-state index contributed by atoms with van der Waals surface area (Å²) in [5.74, 6) is -1.75. The maximum atomic E-state index is 14.2. The lowest BCUT2D eigenvalue weighted by atomic mass is 9.48. The lowest BCUT2D eigenvalue weighted by molar-refractivity contribution is -0.128. The number of benzene rings is 3. The molecule has 1 aliphatic heterocycles. The van der Waals surface area contributed by atoms with Crippen molar-refractivity contribution < 1.29 is 23.5 Å². The molecule has 8 rings (SSSR count). The van der Waals surface area contributed by atoms with E-state index >= 15 is 0 Å². The molecule has 0 N–H and O–H groups in total. The Labute approximate surface area is 207 Å². The van der Waals surface area contributed by atoms with Gasteiger partial charge in [0.25, 0.3) is 0 Å². The second kappa shape index (κ2) is 7.28. The molecule has 6 nitrogen and oxygen atoms in total. The number of carbonyl (C=O) groups excluding carboxylic acids is 3. The van der Waals surface area contributed by atoms with Gasteiger partial charge in [-0.2, -0.15) is 0 Å². The van der Waals surface area contributed by atoms with Gasteiger partial charge in [0.15, 0.2) is 0 Å². The maximum Gasteiger partial charge on any atom is 0.379 e. The Morgan fingerprint density at radius 3 is 2.17 bits per heavy atom. The number of ether oxygens (including phenoxy) is 1. The second-order valence-electron chi connectivity index (χ2n) is 9.77. The van der Waals surface area contributed by atoms with Gasteiger partial charge in [-0.25, -0.2) is 9.69 Å². The fourth-order valence-corrected chi connectivity index (χ4v) is 6.60. The molecular formula is C30H21NO5. The lowest BCUT2D eigenvalue weighted by Crippen LogP contribution is -2.49. The number of carbonyl (C=O) groups is 3. The molecule has 1 aromatic heterocycles. The van der Waals surface area contributed by atoms with Crippen LogP contribution in [0.3, 0.4) is 0 Å². The molecule has 2 bridgehead atoms. The minimum absolute atomic E-state index is 0.0689. The van der Waals surface area contributed by atoms with Crippen LogP contribution in [0.25, 0.3) is 0 Å². The van der Waals surface area contributed by atoms with Crippen molar-refractivity contribution in [2.75, 3.05) is 4.90 Å². The molecule has 1 fully saturated rings. The summed E-state index contributed by atoms with van der Waals surface area (Å²) >= 11 is 0. The van der Waals surface area contributed by atoms with Gasteiger partial charge in [-0.05, 0) is 53.4 Å². The number of imide groups is 1. The monoisotopic (exact) mass is 475 g/mol. The highest BCUT2D eigenvalue weighted by atomic mass is 16.5. The fourth-order valence-electron chi connectivity index (χ4n) is 6.60. The second-order valence-corrected chi connectivity index (χ2v) is 9.77. The molecule has 176 valence electrons. The van der Waals surface area contributed by atoms with Crippen molar-refractivity contribution in [3.8, 4) is 5.75 Å². The molecule has 4 aromatic rings. The topological polar surface area (TPSA) is 76.8 Å². The first-order valence-corrected chi connectivity index (χ1v) is 11.9. The summed E-state index contributed by atoms with van der Waals surface area (Å²) in [5, 5.41) is 0. The van der Waals surface area contributed by atoms with E-state index in [1.807, 2.05) is 31.2 Å². The minimum Gasteiger partial charge on any atom is -0.457 e. The van der Waals surface area contributed by atoms with Crippen LogP contribution < -0.4 is 9.64 Å². The molecule has 0 unspecified atom stereocenters. The van der Waals surface area contributed by atoms with Gasteiger partial charge in [0.05, 0.1) is 23.3 Å². The largest absolute Gasteiger partial charge is 0.457 e. The van der Waals surface area contributed by atoms with E-state index in [2.05, 4.69) is 24.3 Å². The third kappa shape index (κ3) is 2.58. The van der Waals surface area contributed by atoms with Crippen LogP contribution in [-0.2, 0) is 9.59 Å². The van der Waals surface area contributed by atoms with E-state index in [1.165, 1.54) is 17.2 Å². The number of hydrogen-bond acceptors (Lipinski definition) is 5. The van der Waals surface area contributed by atoms with Crippen LogP contribution in [0, 0.1) is 11.3 Å². The third-order valence-corrected chi connectivity index (χ3v) is 8.02. The average molecular weight is 476 g/mol. The normalized spacial score (nSPS) is 25.4. The Balaban J connectivity index is 1.32. The van der Waals surface area contributed by atoms with E-state index in [0.717, 1.165) is 22.3 Å². The number of anilines is 1. The van der Waals surface area contributed by atoms with Crippen LogP contribution in [0.4, 0.5) is 5.69 Å². The van der Waals surface area contributed by atoms with E-state index in [0.29, 0.717) is 5.69 Å². The van der Waals surface area contributed by atoms with Crippen LogP contribution in [0.15, 0.2) is 95.6 Å². The lowest BCUT2D eigenvalue weighted by Gasteiger charge is -2.51. The predicted molar refractivity (Wildman–Crippen MR) is 131 cm³/mol. The predicted octanol–water partition coefficient (Wildman–Crippen LogP) is 5.29. The summed E-state index contributed by atoms with van der Waals surface area (Å²) in [6.07, 6.45) is 1.39. The molecule has 0 spiro atoms. The van der Waals surface area contributed by atoms with Crippen molar-refractivity contribution in [3.05, 3.63) is 119 Å². The van der Waals surface area contributed by atoms with Gasteiger partial charge in [-0.15, -0.1) is 0 Å². The van der Waals surface area contributed by atoms with Gasteiger partial charge < -0.3 is 9.15 Å². The number of rotatable bonds is 3. The number of furan rings is 1. The SMILES string of the molecule is C[C@]12C(=O)N(c3cccc(OC(=O)c4ccco4)c3)C(=O)[C@@H]1C1c3ccccc3C2c2ccccc21. The molecule has 2 atom stereocenters. The molecule has 4 aliphatic rings. The molecule has 2 heterocycles. The van der Waals surface area contributed by atoms with Gasteiger partial charge in [0.1, 0.15) is 5.75 Å². The van der Waals surface area contributed by atoms with Gasteiger partial charge in [0.2, 0.25) is 17.6 Å². The van der Waals surface area contributed by atoms with Crippen molar-refractivity contribution in [2.24, 2.45) is 11.3 Å². The van der Waals surface area contributed by atoms with Crippen LogP contribution in [0.1, 0.15) is 51.6 Å². The van der Waals surface area contributed by atoms with Gasteiger partial charge in [-0.3, -0.25) is 9.59 Å². The first-order valence-electron chi connectivity index (χ1n) is 11.9. The van der Waals surface area contributed by atoms with Crippen LogP contribution in [0.5, 0.6) is 5.75 Å². The Hall–Kier alpha value is -4.45. The van der Waals surface area contributed by atoms with Crippen LogP contribution in [-0.4, -0.2) is 17.8 Å². The van der Waals surface area contributed by atoms with Crippen molar-refractivity contribution in [2.45, 2.75) is 18.8 Å². The highest BCUT2D eigenvalue weighted by Gasteiger charge is 2.68. The molecule has 1 saturated heterocycles. The number of esters is 1. The zero-order valence-corrected chi connectivity index (χ0v) is 19.4. The van der Waals surface area contributed by atoms with Gasteiger partial charge >= 0.3 is 5.97 Å². The van der Waals surface area contributed by atoms with E-state index < -0.39 is 17.3 Å². The van der Waals surface area contributed by atoms with E-state index in [4.69, 9.17) is 9.15 Å². The van der Waals surface area contributed by atoms with E-state index in [9.17, 15) is 14.4 Å². The highest BCUT2D eigenvalue weighted by Crippen LogP contribution is 2.67. The van der Waals surface area contributed by atoms with Crippen molar-refractivity contribution >= 4 is 23.5 Å². The molecule has 0 saturated carbocycles. The Morgan fingerprint density at radius 2 is 1.53 bits per heavy atom. The van der Waals surface area contributed by atoms with E-state index in [-0.39, 0.29) is 35.2 Å². The fraction of sp³-hybridized carbons (Fsp3) is 0.167. The molecule has 0 radical (unpaired) electrons. The molecule has 36 heavy (non-hydrogen) atoms. The minimum atomic E-state index is -0.925. The highest BCUT2D eigenvalue weighted by molar-refractivity contribution is 6.25. The number of nitrogens with zero attached hydrogens (tertiary/aromatic N) is 1. The van der Waals surface area contributed by atoms with Crippen molar-refractivity contribution in [1.29, 1.82) is 0 Å². The summed E-state index contributed by atoms with van der Waals surface area (Å²) < 4.78 is 10.6. The third-order valence-electron chi connectivity index (χ3n) is 8.02.